The van der Waals surface area contributed by atoms with Crippen molar-refractivity contribution in [1.82, 2.24) is 0 Å². The molecule has 0 aliphatic carbocycles. The van der Waals surface area contributed by atoms with Gasteiger partial charge in [-0.3, -0.25) is 10.1 Å². The van der Waals surface area contributed by atoms with Crippen molar-refractivity contribution in [3.05, 3.63) is 93.4 Å². The summed E-state index contributed by atoms with van der Waals surface area (Å²) in [6.07, 6.45) is 0.107. The first-order chi connectivity index (χ1) is 13.1. The summed E-state index contributed by atoms with van der Waals surface area (Å²) in [6, 6.07) is 20.3. The van der Waals surface area contributed by atoms with Gasteiger partial charge in [-0.1, -0.05) is 42.5 Å². The lowest BCUT2D eigenvalue weighted by Crippen LogP contribution is -2.22. The molecule has 0 radical (unpaired) electrons. The predicted molar refractivity (Wildman–Crippen MR) is 101 cm³/mol. The van der Waals surface area contributed by atoms with Crippen LogP contribution in [0.3, 0.4) is 0 Å². The van der Waals surface area contributed by atoms with Gasteiger partial charge in [0, 0.05) is 29.2 Å². The summed E-state index contributed by atoms with van der Waals surface area (Å²) >= 11 is 0. The fourth-order valence-electron chi connectivity index (χ4n) is 3.59. The first kappa shape index (κ1) is 16.6. The zero-order chi connectivity index (χ0) is 19.0. The third-order valence-electron chi connectivity index (χ3n) is 4.81. The number of nitrogens with two attached hydrogens (primary N) is 1. The van der Waals surface area contributed by atoms with Crippen LogP contribution in [0.4, 0.5) is 5.69 Å². The molecule has 0 saturated heterocycles. The van der Waals surface area contributed by atoms with Gasteiger partial charge in [-0.05, 0) is 22.4 Å². The maximum Gasteiger partial charge on any atom is 0.269 e. The fraction of sp³-hybridized carbons (Fsp3) is 0.0952. The second-order valence-corrected chi connectivity index (χ2v) is 6.31. The Morgan fingerprint density at radius 2 is 1.85 bits per heavy atom. The van der Waals surface area contributed by atoms with Crippen molar-refractivity contribution in [2.75, 3.05) is 0 Å². The molecule has 3 aromatic carbocycles. The minimum atomic E-state index is -0.433. The molecule has 1 aliphatic heterocycles. The predicted octanol–water partition coefficient (Wildman–Crippen LogP) is 4.36. The Kier molecular flexibility index (Phi) is 3.98. The normalized spacial score (nSPS) is 15.7. The Bertz CT molecular complexity index is 1130. The molecule has 0 amide bonds. The number of hydrogen-bond acceptors (Lipinski definition) is 5. The van der Waals surface area contributed by atoms with E-state index in [4.69, 9.17) is 10.5 Å². The lowest BCUT2D eigenvalue weighted by atomic mass is 9.80. The van der Waals surface area contributed by atoms with Crippen LogP contribution in [0.5, 0.6) is 5.75 Å². The number of fused-ring (bicyclic) bond motifs is 3. The number of benzene rings is 3. The molecule has 1 aliphatic rings. The number of nitrogens with zero attached hydrogens (tertiary/aromatic N) is 2. The lowest BCUT2D eigenvalue weighted by Gasteiger charge is -2.30. The number of nitro benzene ring substituents is 1. The van der Waals surface area contributed by atoms with Crippen molar-refractivity contribution in [2.45, 2.75) is 12.3 Å². The molecular weight excluding hydrogens is 342 g/mol. The molecule has 2 N–H and O–H groups in total. The highest BCUT2D eigenvalue weighted by Gasteiger charge is 2.31. The van der Waals surface area contributed by atoms with E-state index in [9.17, 15) is 15.4 Å². The lowest BCUT2D eigenvalue weighted by molar-refractivity contribution is -0.384. The van der Waals surface area contributed by atoms with Gasteiger partial charge in [0.2, 0.25) is 0 Å². The quantitative estimate of drug-likeness (QED) is 0.554. The van der Waals surface area contributed by atoms with Gasteiger partial charge in [-0.25, -0.2) is 0 Å². The monoisotopic (exact) mass is 357 g/mol. The summed E-state index contributed by atoms with van der Waals surface area (Å²) < 4.78 is 5.82. The Labute approximate surface area is 155 Å². The van der Waals surface area contributed by atoms with E-state index in [1.807, 2.05) is 36.4 Å². The first-order valence-corrected chi connectivity index (χ1v) is 8.39. The van der Waals surface area contributed by atoms with Crippen molar-refractivity contribution in [1.29, 1.82) is 5.26 Å². The van der Waals surface area contributed by atoms with Crippen molar-refractivity contribution in [3.63, 3.8) is 0 Å². The van der Waals surface area contributed by atoms with E-state index < -0.39 is 4.92 Å². The summed E-state index contributed by atoms with van der Waals surface area (Å²) in [6.45, 7) is 0. The van der Waals surface area contributed by atoms with Gasteiger partial charge in [0.1, 0.15) is 5.75 Å². The summed E-state index contributed by atoms with van der Waals surface area (Å²) in [7, 11) is 0. The standard InChI is InChI=1S/C21H15N3O3/c22-12-11-17-19(14-5-8-15(9-6-14)24(25)26)20-16-4-2-1-3-13(16)7-10-18(20)27-21(17)23/h1-10,19H,11,23H2. The van der Waals surface area contributed by atoms with Crippen LogP contribution in [0, 0.1) is 21.4 Å². The molecule has 4 rings (SSSR count). The molecule has 0 aromatic heterocycles. The number of nitriles is 1. The number of rotatable bonds is 3. The van der Waals surface area contributed by atoms with Crippen LogP contribution in [-0.4, -0.2) is 4.92 Å². The molecular formula is C21H15N3O3. The molecule has 6 heteroatoms. The Morgan fingerprint density at radius 3 is 2.56 bits per heavy atom. The summed E-state index contributed by atoms with van der Waals surface area (Å²) in [5.74, 6) is 0.541. The maximum absolute atomic E-state index is 11.0. The van der Waals surface area contributed by atoms with Gasteiger partial charge < -0.3 is 10.5 Å². The molecule has 0 spiro atoms. The first-order valence-electron chi connectivity index (χ1n) is 8.39. The third kappa shape index (κ3) is 2.75. The van der Waals surface area contributed by atoms with Crippen LogP contribution < -0.4 is 10.5 Å². The van der Waals surface area contributed by atoms with E-state index >= 15 is 0 Å². The van der Waals surface area contributed by atoms with Gasteiger partial charge in [-0.2, -0.15) is 5.26 Å². The molecule has 1 atom stereocenters. The zero-order valence-electron chi connectivity index (χ0n) is 14.3. The van der Waals surface area contributed by atoms with Crippen LogP contribution in [0.1, 0.15) is 23.5 Å². The molecule has 0 bridgehead atoms. The zero-order valence-corrected chi connectivity index (χ0v) is 14.3. The van der Waals surface area contributed by atoms with Gasteiger partial charge in [0.25, 0.3) is 5.69 Å². The molecule has 132 valence electrons. The average Bonchev–Trinajstić information content (AvgIpc) is 2.68. The molecule has 27 heavy (non-hydrogen) atoms. The van der Waals surface area contributed by atoms with Crippen LogP contribution in [0.25, 0.3) is 10.8 Å². The maximum atomic E-state index is 11.0. The van der Waals surface area contributed by atoms with Gasteiger partial charge in [0.15, 0.2) is 5.88 Å². The SMILES string of the molecule is N#CCC1=C(N)Oc2ccc3ccccc3c2C1c1ccc([N+](=O)[O-])cc1. The highest BCUT2D eigenvalue weighted by molar-refractivity contribution is 5.89. The van der Waals surface area contributed by atoms with Crippen LogP contribution in [-0.2, 0) is 0 Å². The number of ether oxygens (including phenoxy) is 1. The van der Waals surface area contributed by atoms with Crippen molar-refractivity contribution >= 4 is 16.5 Å². The second kappa shape index (κ2) is 6.46. The van der Waals surface area contributed by atoms with E-state index in [2.05, 4.69) is 6.07 Å². The molecule has 6 nitrogen and oxygen atoms in total. The largest absolute Gasteiger partial charge is 0.441 e. The molecule has 0 saturated carbocycles. The third-order valence-corrected chi connectivity index (χ3v) is 4.81. The number of non-ortho nitro benzene ring substituents is 1. The topological polar surface area (TPSA) is 102 Å². The number of hydrogen-bond donors (Lipinski definition) is 1. The Hall–Kier alpha value is -3.85. The summed E-state index contributed by atoms with van der Waals surface area (Å²) in [5.41, 5.74) is 8.55. The number of allylic oxidation sites excluding steroid dienone is 1. The van der Waals surface area contributed by atoms with E-state index in [1.54, 1.807) is 12.1 Å². The van der Waals surface area contributed by atoms with E-state index in [1.165, 1.54) is 12.1 Å². The van der Waals surface area contributed by atoms with E-state index in [0.29, 0.717) is 11.3 Å². The highest BCUT2D eigenvalue weighted by Crippen LogP contribution is 2.46. The van der Waals surface area contributed by atoms with E-state index in [-0.39, 0.29) is 23.9 Å². The highest BCUT2D eigenvalue weighted by atomic mass is 16.6. The second-order valence-electron chi connectivity index (χ2n) is 6.31. The van der Waals surface area contributed by atoms with Gasteiger partial charge >= 0.3 is 0 Å². The van der Waals surface area contributed by atoms with Crippen LogP contribution in [0.15, 0.2) is 72.1 Å². The van der Waals surface area contributed by atoms with Gasteiger partial charge in [-0.15, -0.1) is 0 Å². The summed E-state index contributed by atoms with van der Waals surface area (Å²) in [4.78, 5) is 10.6. The molecule has 1 heterocycles. The molecule has 1 unspecified atom stereocenters. The Balaban J connectivity index is 1.98. The summed E-state index contributed by atoms with van der Waals surface area (Å²) in [5, 5.41) is 22.3. The van der Waals surface area contributed by atoms with Gasteiger partial charge in [0.05, 0.1) is 17.4 Å². The van der Waals surface area contributed by atoms with E-state index in [0.717, 1.165) is 21.9 Å². The van der Waals surface area contributed by atoms with Crippen molar-refractivity contribution in [2.24, 2.45) is 5.73 Å². The fourth-order valence-corrected chi connectivity index (χ4v) is 3.59. The van der Waals surface area contributed by atoms with Crippen molar-refractivity contribution < 1.29 is 9.66 Å². The van der Waals surface area contributed by atoms with Crippen LogP contribution >= 0.6 is 0 Å². The minimum absolute atomic E-state index is 0.0164. The van der Waals surface area contributed by atoms with Crippen molar-refractivity contribution in [3.8, 4) is 11.8 Å². The molecule has 0 fully saturated rings. The number of nitro groups is 1. The average molecular weight is 357 g/mol. The Morgan fingerprint density at radius 1 is 1.11 bits per heavy atom. The minimum Gasteiger partial charge on any atom is -0.441 e. The molecule has 3 aromatic rings. The van der Waals surface area contributed by atoms with Crippen LogP contribution in [0.2, 0.25) is 0 Å². The smallest absolute Gasteiger partial charge is 0.269 e.